The molecule has 2 aromatic heterocycles. The summed E-state index contributed by atoms with van der Waals surface area (Å²) in [7, 11) is 0. The monoisotopic (exact) mass is 230 g/mol. The quantitative estimate of drug-likeness (QED) is 0.837. The van der Waals surface area contributed by atoms with Gasteiger partial charge in [0.1, 0.15) is 0 Å². The largest absolute Gasteiger partial charge is 0.314 e. The molecule has 0 bridgehead atoms. The van der Waals surface area contributed by atoms with Crippen LogP contribution in [0.3, 0.4) is 0 Å². The third-order valence-corrected chi connectivity index (χ3v) is 3.41. The van der Waals surface area contributed by atoms with Crippen molar-refractivity contribution >= 4 is 5.52 Å². The summed E-state index contributed by atoms with van der Waals surface area (Å²) in [5.41, 5.74) is 3.70. The van der Waals surface area contributed by atoms with E-state index in [0.717, 1.165) is 38.4 Å². The summed E-state index contributed by atoms with van der Waals surface area (Å²) in [6, 6.07) is 4.44. The Kier molecular flexibility index (Phi) is 2.82. The number of nitrogens with one attached hydrogen (secondary N) is 1. The SMILES string of the molecule is Cc1ncn2ccc(CN3CCNCC3)cc12. The van der Waals surface area contributed by atoms with Crippen LogP contribution < -0.4 is 5.32 Å². The van der Waals surface area contributed by atoms with Gasteiger partial charge in [-0.25, -0.2) is 4.98 Å². The number of imidazole rings is 1. The molecule has 0 saturated carbocycles. The number of rotatable bonds is 2. The van der Waals surface area contributed by atoms with E-state index in [0.29, 0.717) is 0 Å². The number of piperazine rings is 1. The average Bonchev–Trinajstić information content (AvgIpc) is 2.73. The van der Waals surface area contributed by atoms with Crippen LogP contribution in [0.5, 0.6) is 0 Å². The summed E-state index contributed by atoms with van der Waals surface area (Å²) in [4.78, 5) is 6.82. The maximum Gasteiger partial charge on any atom is 0.0995 e. The van der Waals surface area contributed by atoms with E-state index >= 15 is 0 Å². The molecule has 0 unspecified atom stereocenters. The van der Waals surface area contributed by atoms with Gasteiger partial charge in [-0.15, -0.1) is 0 Å². The normalized spacial score (nSPS) is 17.7. The van der Waals surface area contributed by atoms with Crippen molar-refractivity contribution in [3.63, 3.8) is 0 Å². The third-order valence-electron chi connectivity index (χ3n) is 3.41. The van der Waals surface area contributed by atoms with E-state index in [4.69, 9.17) is 0 Å². The summed E-state index contributed by atoms with van der Waals surface area (Å²) in [5, 5.41) is 3.38. The second-order valence-corrected chi connectivity index (χ2v) is 4.68. The molecule has 0 radical (unpaired) electrons. The molecule has 3 rings (SSSR count). The fourth-order valence-electron chi connectivity index (χ4n) is 2.39. The molecular formula is C13H18N4. The van der Waals surface area contributed by atoms with Gasteiger partial charge in [-0.3, -0.25) is 4.90 Å². The topological polar surface area (TPSA) is 32.6 Å². The van der Waals surface area contributed by atoms with Gasteiger partial charge < -0.3 is 9.72 Å². The van der Waals surface area contributed by atoms with E-state index in [1.807, 2.05) is 6.33 Å². The van der Waals surface area contributed by atoms with Crippen LogP contribution in [0.4, 0.5) is 0 Å². The molecule has 1 fully saturated rings. The molecule has 1 saturated heterocycles. The van der Waals surface area contributed by atoms with E-state index in [9.17, 15) is 0 Å². The van der Waals surface area contributed by atoms with Crippen LogP contribution in [0.1, 0.15) is 11.3 Å². The lowest BCUT2D eigenvalue weighted by Crippen LogP contribution is -2.42. The van der Waals surface area contributed by atoms with Gasteiger partial charge in [0.25, 0.3) is 0 Å². The standard InChI is InChI=1S/C13H18N4/c1-11-13-8-12(2-5-17(13)10-15-11)9-16-6-3-14-4-7-16/h2,5,8,10,14H,3-4,6-7,9H2,1H3. The maximum absolute atomic E-state index is 4.32. The van der Waals surface area contributed by atoms with Gasteiger partial charge in [0.15, 0.2) is 0 Å². The molecule has 0 atom stereocenters. The summed E-state index contributed by atoms with van der Waals surface area (Å²) in [6.07, 6.45) is 3.98. The molecule has 1 aliphatic rings. The molecule has 1 N–H and O–H groups in total. The molecule has 1 aliphatic heterocycles. The van der Waals surface area contributed by atoms with Crippen molar-refractivity contribution < 1.29 is 0 Å². The molecule has 3 heterocycles. The van der Waals surface area contributed by atoms with Crippen LogP contribution in [-0.4, -0.2) is 40.5 Å². The number of hydrogen-bond acceptors (Lipinski definition) is 3. The molecule has 0 aliphatic carbocycles. The second kappa shape index (κ2) is 4.47. The van der Waals surface area contributed by atoms with Crippen LogP contribution in [0, 0.1) is 6.92 Å². The lowest BCUT2D eigenvalue weighted by atomic mass is 10.2. The van der Waals surface area contributed by atoms with Gasteiger partial charge in [0.05, 0.1) is 17.5 Å². The third kappa shape index (κ3) is 2.18. The van der Waals surface area contributed by atoms with Crippen molar-refractivity contribution in [2.24, 2.45) is 0 Å². The van der Waals surface area contributed by atoms with Crippen LogP contribution in [0.15, 0.2) is 24.7 Å². The van der Waals surface area contributed by atoms with Crippen LogP contribution in [-0.2, 0) is 6.54 Å². The number of hydrogen-bond donors (Lipinski definition) is 1. The summed E-state index contributed by atoms with van der Waals surface area (Å²) in [6.45, 7) is 7.60. The zero-order valence-electron chi connectivity index (χ0n) is 10.2. The first-order chi connectivity index (χ1) is 8.33. The predicted molar refractivity (Wildman–Crippen MR) is 68.1 cm³/mol. The number of pyridine rings is 1. The van der Waals surface area contributed by atoms with E-state index in [2.05, 4.69) is 44.9 Å². The van der Waals surface area contributed by atoms with Crippen LogP contribution in [0.2, 0.25) is 0 Å². The summed E-state index contributed by atoms with van der Waals surface area (Å²) < 4.78 is 2.08. The van der Waals surface area contributed by atoms with E-state index in [1.54, 1.807) is 0 Å². The van der Waals surface area contributed by atoms with Gasteiger partial charge in [-0.1, -0.05) is 0 Å². The molecular weight excluding hydrogens is 212 g/mol. The minimum Gasteiger partial charge on any atom is -0.314 e. The van der Waals surface area contributed by atoms with E-state index < -0.39 is 0 Å². The Balaban J connectivity index is 1.82. The number of fused-ring (bicyclic) bond motifs is 1. The second-order valence-electron chi connectivity index (χ2n) is 4.68. The molecule has 17 heavy (non-hydrogen) atoms. The Morgan fingerprint density at radius 1 is 1.35 bits per heavy atom. The first kappa shape index (κ1) is 10.7. The lowest BCUT2D eigenvalue weighted by molar-refractivity contribution is 0.233. The van der Waals surface area contributed by atoms with Crippen molar-refractivity contribution in [2.75, 3.05) is 26.2 Å². The van der Waals surface area contributed by atoms with Gasteiger partial charge in [0.2, 0.25) is 0 Å². The molecule has 0 aromatic carbocycles. The Morgan fingerprint density at radius 2 is 2.18 bits per heavy atom. The molecule has 4 nitrogen and oxygen atoms in total. The number of aryl methyl sites for hydroxylation is 1. The summed E-state index contributed by atoms with van der Waals surface area (Å²) in [5.74, 6) is 0. The minimum atomic E-state index is 1.04. The smallest absolute Gasteiger partial charge is 0.0995 e. The first-order valence-corrected chi connectivity index (χ1v) is 6.18. The Labute approximate surface area is 101 Å². The van der Waals surface area contributed by atoms with Gasteiger partial charge in [-0.2, -0.15) is 0 Å². The zero-order chi connectivity index (χ0) is 11.7. The Bertz CT molecular complexity index is 511. The number of aromatic nitrogens is 2. The average molecular weight is 230 g/mol. The highest BCUT2D eigenvalue weighted by molar-refractivity contribution is 5.53. The highest BCUT2D eigenvalue weighted by Gasteiger charge is 2.10. The van der Waals surface area contributed by atoms with Crippen LogP contribution in [0.25, 0.3) is 5.52 Å². The fourth-order valence-corrected chi connectivity index (χ4v) is 2.39. The van der Waals surface area contributed by atoms with Crippen molar-refractivity contribution in [3.05, 3.63) is 35.9 Å². The Hall–Kier alpha value is -1.39. The molecule has 4 heteroatoms. The van der Waals surface area contributed by atoms with Gasteiger partial charge in [-0.05, 0) is 24.6 Å². The fraction of sp³-hybridized carbons (Fsp3) is 0.462. The van der Waals surface area contributed by atoms with Crippen molar-refractivity contribution in [1.82, 2.24) is 19.6 Å². The molecule has 0 amide bonds. The lowest BCUT2D eigenvalue weighted by Gasteiger charge is -2.27. The predicted octanol–water partition coefficient (Wildman–Crippen LogP) is 1.05. The highest BCUT2D eigenvalue weighted by Crippen LogP contribution is 2.13. The van der Waals surface area contributed by atoms with E-state index in [-0.39, 0.29) is 0 Å². The minimum absolute atomic E-state index is 1.04. The van der Waals surface area contributed by atoms with Gasteiger partial charge in [0, 0.05) is 38.9 Å². The van der Waals surface area contributed by atoms with Crippen molar-refractivity contribution in [3.8, 4) is 0 Å². The van der Waals surface area contributed by atoms with E-state index in [1.165, 1.54) is 11.1 Å². The summed E-state index contributed by atoms with van der Waals surface area (Å²) >= 11 is 0. The first-order valence-electron chi connectivity index (χ1n) is 6.18. The zero-order valence-corrected chi connectivity index (χ0v) is 10.2. The maximum atomic E-state index is 4.32. The number of nitrogens with zero attached hydrogens (tertiary/aromatic N) is 3. The molecule has 2 aromatic rings. The van der Waals surface area contributed by atoms with Crippen molar-refractivity contribution in [1.29, 1.82) is 0 Å². The van der Waals surface area contributed by atoms with Crippen LogP contribution >= 0.6 is 0 Å². The molecule has 90 valence electrons. The van der Waals surface area contributed by atoms with Crippen molar-refractivity contribution in [2.45, 2.75) is 13.5 Å². The highest BCUT2D eigenvalue weighted by atomic mass is 15.2. The van der Waals surface area contributed by atoms with Gasteiger partial charge >= 0.3 is 0 Å². The Morgan fingerprint density at radius 3 is 3.00 bits per heavy atom. The molecule has 0 spiro atoms.